The van der Waals surface area contributed by atoms with Crippen LogP contribution in [0.25, 0.3) is 5.57 Å². The molecule has 0 unspecified atom stereocenters. The van der Waals surface area contributed by atoms with Crippen LogP contribution in [-0.2, 0) is 0 Å². The lowest BCUT2D eigenvalue weighted by molar-refractivity contribution is 0.542. The van der Waals surface area contributed by atoms with Gasteiger partial charge in [-0.15, -0.1) is 12.6 Å². The monoisotopic (exact) mass is 223 g/mol. The lowest BCUT2D eigenvalue weighted by atomic mass is 10.2. The van der Waals surface area contributed by atoms with E-state index in [-0.39, 0.29) is 0 Å². The molecule has 1 aromatic heterocycles. The van der Waals surface area contributed by atoms with Crippen molar-refractivity contribution in [2.45, 2.75) is 25.8 Å². The van der Waals surface area contributed by atoms with E-state index in [1.165, 1.54) is 6.39 Å². The summed E-state index contributed by atoms with van der Waals surface area (Å²) in [6.07, 6.45) is 8.76. The zero-order valence-corrected chi connectivity index (χ0v) is 10.3. The van der Waals surface area contributed by atoms with E-state index in [1.807, 2.05) is 39.0 Å². The Morgan fingerprint density at radius 1 is 1.53 bits per heavy atom. The van der Waals surface area contributed by atoms with E-state index in [0.29, 0.717) is 10.8 Å². The van der Waals surface area contributed by atoms with E-state index in [2.05, 4.69) is 24.2 Å². The molecule has 0 aliphatic carbocycles. The maximum Gasteiger partial charge on any atom is 0.182 e. The third-order valence-electron chi connectivity index (χ3n) is 1.45. The highest BCUT2D eigenvalue weighted by Gasteiger charge is 2.06. The summed E-state index contributed by atoms with van der Waals surface area (Å²) in [4.78, 5) is 3.89. The molecule has 1 rings (SSSR count). The zero-order valence-electron chi connectivity index (χ0n) is 9.40. The van der Waals surface area contributed by atoms with Gasteiger partial charge in [-0.2, -0.15) is 0 Å². The first-order chi connectivity index (χ1) is 7.29. The molecule has 0 atom stereocenters. The predicted molar refractivity (Wildman–Crippen MR) is 68.1 cm³/mol. The second-order valence-electron chi connectivity index (χ2n) is 2.36. The molecular formula is C12H17NOS. The molecule has 0 N–H and O–H groups in total. The fourth-order valence-electron chi connectivity index (χ4n) is 0.951. The first-order valence-electron chi connectivity index (χ1n) is 4.87. The van der Waals surface area contributed by atoms with E-state index in [4.69, 9.17) is 4.42 Å². The molecule has 0 saturated heterocycles. The maximum absolute atomic E-state index is 5.18. The van der Waals surface area contributed by atoms with Gasteiger partial charge in [0.05, 0.1) is 0 Å². The van der Waals surface area contributed by atoms with Crippen molar-refractivity contribution in [1.82, 2.24) is 4.98 Å². The lowest BCUT2D eigenvalue weighted by Gasteiger charge is -1.95. The molecule has 0 fully saturated rings. The van der Waals surface area contributed by atoms with Gasteiger partial charge in [0.25, 0.3) is 0 Å². The van der Waals surface area contributed by atoms with E-state index < -0.39 is 0 Å². The van der Waals surface area contributed by atoms with Crippen molar-refractivity contribution in [3.05, 3.63) is 43.0 Å². The van der Waals surface area contributed by atoms with E-state index >= 15 is 0 Å². The first-order valence-corrected chi connectivity index (χ1v) is 5.32. The number of rotatable bonds is 3. The smallest absolute Gasteiger partial charge is 0.182 e. The molecule has 2 nitrogen and oxygen atoms in total. The van der Waals surface area contributed by atoms with Crippen molar-refractivity contribution in [2.75, 3.05) is 0 Å². The Morgan fingerprint density at radius 2 is 2.20 bits per heavy atom. The minimum absolute atomic E-state index is 0.589. The highest BCUT2D eigenvalue weighted by Crippen LogP contribution is 2.22. The van der Waals surface area contributed by atoms with Gasteiger partial charge in [0, 0.05) is 5.57 Å². The lowest BCUT2D eigenvalue weighted by Crippen LogP contribution is -1.78. The number of hydrogen-bond acceptors (Lipinski definition) is 3. The summed E-state index contributed by atoms with van der Waals surface area (Å²) >= 11 is 4.16. The van der Waals surface area contributed by atoms with Gasteiger partial charge in [0.1, 0.15) is 5.03 Å². The summed E-state index contributed by atoms with van der Waals surface area (Å²) in [5.74, 6) is 0.668. The highest BCUT2D eigenvalue weighted by molar-refractivity contribution is 7.80. The third kappa shape index (κ3) is 4.21. The molecule has 0 aliphatic rings. The average molecular weight is 223 g/mol. The van der Waals surface area contributed by atoms with Gasteiger partial charge in [0.2, 0.25) is 0 Å². The molecule has 15 heavy (non-hydrogen) atoms. The van der Waals surface area contributed by atoms with Crippen molar-refractivity contribution in [1.29, 1.82) is 0 Å². The quantitative estimate of drug-likeness (QED) is 0.615. The highest BCUT2D eigenvalue weighted by atomic mass is 32.1. The normalized spacial score (nSPS) is 11.1. The van der Waals surface area contributed by atoms with Crippen molar-refractivity contribution in [2.24, 2.45) is 0 Å². The Balaban J connectivity index is 0.000000921. The predicted octanol–water partition coefficient (Wildman–Crippen LogP) is 4.14. The molecule has 0 aliphatic heterocycles. The van der Waals surface area contributed by atoms with Crippen LogP contribution < -0.4 is 0 Å². The topological polar surface area (TPSA) is 26.0 Å². The third-order valence-corrected chi connectivity index (χ3v) is 1.77. The van der Waals surface area contributed by atoms with Crippen molar-refractivity contribution in [3.63, 3.8) is 0 Å². The van der Waals surface area contributed by atoms with Gasteiger partial charge in [0.15, 0.2) is 12.2 Å². The van der Waals surface area contributed by atoms with Crippen molar-refractivity contribution >= 4 is 18.2 Å². The zero-order chi connectivity index (χ0) is 11.7. The number of nitrogens with zero attached hydrogens (tertiary/aromatic N) is 1. The SMILES string of the molecule is C=C/C=C(\C=C/C)c1ocnc1S.CC. The molecule has 82 valence electrons. The summed E-state index contributed by atoms with van der Waals surface area (Å²) < 4.78 is 5.18. The summed E-state index contributed by atoms with van der Waals surface area (Å²) in [6, 6.07) is 0. The number of oxazole rings is 1. The first kappa shape index (κ1) is 13.8. The van der Waals surface area contributed by atoms with Gasteiger partial charge < -0.3 is 4.42 Å². The van der Waals surface area contributed by atoms with E-state index in [9.17, 15) is 0 Å². The summed E-state index contributed by atoms with van der Waals surface area (Å²) in [6.45, 7) is 9.56. The minimum atomic E-state index is 0.589. The van der Waals surface area contributed by atoms with Crippen LogP contribution in [0.3, 0.4) is 0 Å². The molecule has 3 heteroatoms. The van der Waals surface area contributed by atoms with Crippen LogP contribution in [-0.4, -0.2) is 4.98 Å². The Kier molecular flexibility index (Phi) is 7.46. The fraction of sp³-hybridized carbons (Fsp3) is 0.250. The molecule has 1 aromatic rings. The van der Waals surface area contributed by atoms with E-state index in [0.717, 1.165) is 5.57 Å². The number of aromatic nitrogens is 1. The number of allylic oxidation sites excluding steroid dienone is 5. The van der Waals surface area contributed by atoms with Crippen LogP contribution in [0.5, 0.6) is 0 Å². The number of thiol groups is 1. The number of hydrogen-bond donors (Lipinski definition) is 1. The standard InChI is InChI=1S/C10H11NOS.C2H6/c1-3-5-8(6-4-2)9-10(13)11-7-12-9;1-2/h3-7,13H,1H2,2H3;1-2H3/b6-4-,8-5+;. The second kappa shape index (κ2) is 8.12. The Hall–Kier alpha value is -1.22. The van der Waals surface area contributed by atoms with Crippen molar-refractivity contribution < 1.29 is 4.42 Å². The molecule has 0 radical (unpaired) electrons. The van der Waals surface area contributed by atoms with Gasteiger partial charge >= 0.3 is 0 Å². The molecule has 0 bridgehead atoms. The largest absolute Gasteiger partial charge is 0.442 e. The van der Waals surface area contributed by atoms with Crippen LogP contribution in [0.4, 0.5) is 0 Å². The van der Waals surface area contributed by atoms with Gasteiger partial charge in [-0.25, -0.2) is 4.98 Å². The molecule has 1 heterocycles. The summed E-state index contributed by atoms with van der Waals surface area (Å²) in [5, 5.41) is 0.589. The second-order valence-corrected chi connectivity index (χ2v) is 2.79. The van der Waals surface area contributed by atoms with Crippen LogP contribution in [0.2, 0.25) is 0 Å². The van der Waals surface area contributed by atoms with Gasteiger partial charge in [-0.3, -0.25) is 0 Å². The molecule has 0 saturated carbocycles. The van der Waals surface area contributed by atoms with Gasteiger partial charge in [-0.05, 0) is 6.92 Å². The summed E-state index contributed by atoms with van der Waals surface area (Å²) in [5.41, 5.74) is 0.917. The minimum Gasteiger partial charge on any atom is -0.442 e. The fourth-order valence-corrected chi connectivity index (χ4v) is 1.18. The van der Waals surface area contributed by atoms with Crippen molar-refractivity contribution in [3.8, 4) is 0 Å². The van der Waals surface area contributed by atoms with Crippen LogP contribution in [0, 0.1) is 0 Å². The molecular weight excluding hydrogens is 206 g/mol. The Morgan fingerprint density at radius 3 is 2.60 bits per heavy atom. The molecule has 0 aromatic carbocycles. The van der Waals surface area contributed by atoms with Crippen LogP contribution >= 0.6 is 12.6 Å². The molecule has 0 spiro atoms. The van der Waals surface area contributed by atoms with Gasteiger partial charge in [-0.1, -0.05) is 44.7 Å². The van der Waals surface area contributed by atoms with E-state index in [1.54, 1.807) is 6.08 Å². The maximum atomic E-state index is 5.18. The molecule has 0 amide bonds. The van der Waals surface area contributed by atoms with Crippen LogP contribution in [0.1, 0.15) is 26.5 Å². The average Bonchev–Trinajstić information content (AvgIpc) is 2.67. The Bertz CT molecular complexity index is 350. The Labute approximate surface area is 96.8 Å². The summed E-state index contributed by atoms with van der Waals surface area (Å²) in [7, 11) is 0. The van der Waals surface area contributed by atoms with Crippen LogP contribution in [0.15, 0.2) is 46.7 Å².